The Morgan fingerprint density at radius 3 is 2.52 bits per heavy atom. The Hall–Kier alpha value is -1.91. The van der Waals surface area contributed by atoms with Crippen molar-refractivity contribution in [2.45, 2.75) is 39.7 Å². The summed E-state index contributed by atoms with van der Waals surface area (Å²) >= 11 is 0. The Morgan fingerprint density at radius 1 is 1.29 bits per heavy atom. The molecule has 0 aromatic heterocycles. The second-order valence-corrected chi connectivity index (χ2v) is 4.79. The van der Waals surface area contributed by atoms with Gasteiger partial charge in [-0.1, -0.05) is 19.1 Å². The van der Waals surface area contributed by atoms with E-state index in [4.69, 9.17) is 4.74 Å². The molecule has 21 heavy (non-hydrogen) atoms. The molecule has 0 spiro atoms. The molecule has 1 unspecified atom stereocenters. The molecule has 1 aromatic carbocycles. The first-order chi connectivity index (χ1) is 10.0. The standard InChI is InChI=1S/C16H22FNO3/c1-4-12(3)18(11-10-15(19)21-5-2)16(20)13-8-6-7-9-14(13)17/h6-9,12H,4-5,10-11H2,1-3H3. The van der Waals surface area contributed by atoms with E-state index < -0.39 is 11.7 Å². The van der Waals surface area contributed by atoms with E-state index in [1.54, 1.807) is 13.0 Å². The van der Waals surface area contributed by atoms with Gasteiger partial charge in [0.25, 0.3) is 5.91 Å². The third kappa shape index (κ3) is 4.85. The largest absolute Gasteiger partial charge is 0.466 e. The van der Waals surface area contributed by atoms with E-state index in [2.05, 4.69) is 0 Å². The van der Waals surface area contributed by atoms with Gasteiger partial charge in [-0.3, -0.25) is 9.59 Å². The van der Waals surface area contributed by atoms with Gasteiger partial charge in [0.05, 0.1) is 18.6 Å². The lowest BCUT2D eigenvalue weighted by Crippen LogP contribution is -2.40. The topological polar surface area (TPSA) is 46.6 Å². The van der Waals surface area contributed by atoms with Crippen LogP contribution in [0.25, 0.3) is 0 Å². The van der Waals surface area contributed by atoms with Crippen molar-refractivity contribution in [3.8, 4) is 0 Å². The van der Waals surface area contributed by atoms with Gasteiger partial charge in [-0.05, 0) is 32.4 Å². The summed E-state index contributed by atoms with van der Waals surface area (Å²) in [6.45, 7) is 6.08. The number of benzene rings is 1. The lowest BCUT2D eigenvalue weighted by Gasteiger charge is -2.28. The maximum Gasteiger partial charge on any atom is 0.307 e. The third-order valence-corrected chi connectivity index (χ3v) is 3.35. The second-order valence-electron chi connectivity index (χ2n) is 4.79. The first-order valence-electron chi connectivity index (χ1n) is 7.22. The zero-order chi connectivity index (χ0) is 15.8. The maximum absolute atomic E-state index is 13.7. The molecule has 1 rings (SSSR count). The van der Waals surface area contributed by atoms with E-state index in [0.717, 1.165) is 6.42 Å². The Bertz CT molecular complexity index is 490. The molecule has 0 radical (unpaired) electrons. The highest BCUT2D eigenvalue weighted by Crippen LogP contribution is 2.14. The van der Waals surface area contributed by atoms with Crippen molar-refractivity contribution >= 4 is 11.9 Å². The van der Waals surface area contributed by atoms with Crippen LogP contribution < -0.4 is 0 Å². The predicted molar refractivity (Wildman–Crippen MR) is 78.4 cm³/mol. The van der Waals surface area contributed by atoms with Crippen molar-refractivity contribution in [1.82, 2.24) is 4.90 Å². The molecule has 0 aliphatic heterocycles. The van der Waals surface area contributed by atoms with E-state index >= 15 is 0 Å². The summed E-state index contributed by atoms with van der Waals surface area (Å²) in [6, 6.07) is 5.80. The molecular weight excluding hydrogens is 273 g/mol. The highest BCUT2D eigenvalue weighted by molar-refractivity contribution is 5.94. The fourth-order valence-electron chi connectivity index (χ4n) is 1.98. The minimum absolute atomic E-state index is 0.0293. The number of carbonyl (C=O) groups excluding carboxylic acids is 2. The predicted octanol–water partition coefficient (Wildman–Crippen LogP) is 3.02. The number of halogens is 1. The molecule has 1 atom stereocenters. The summed E-state index contributed by atoms with van der Waals surface area (Å²) < 4.78 is 18.6. The van der Waals surface area contributed by atoms with Crippen LogP contribution in [0.4, 0.5) is 4.39 Å². The normalized spacial score (nSPS) is 11.8. The molecule has 0 N–H and O–H groups in total. The van der Waals surface area contributed by atoms with Gasteiger partial charge in [0.1, 0.15) is 5.82 Å². The van der Waals surface area contributed by atoms with Crippen LogP contribution in [0.15, 0.2) is 24.3 Å². The summed E-state index contributed by atoms with van der Waals surface area (Å²) in [5.41, 5.74) is 0.0293. The van der Waals surface area contributed by atoms with Gasteiger partial charge in [-0.15, -0.1) is 0 Å². The van der Waals surface area contributed by atoms with E-state index in [-0.39, 0.29) is 30.5 Å². The molecular formula is C16H22FNO3. The van der Waals surface area contributed by atoms with Crippen LogP contribution in [0.1, 0.15) is 44.0 Å². The summed E-state index contributed by atoms with van der Waals surface area (Å²) in [6.07, 6.45) is 0.835. The number of esters is 1. The minimum atomic E-state index is -0.549. The van der Waals surface area contributed by atoms with Gasteiger partial charge in [0, 0.05) is 12.6 Å². The molecule has 0 fully saturated rings. The first kappa shape index (κ1) is 17.1. The molecule has 0 aliphatic rings. The Labute approximate surface area is 124 Å². The average molecular weight is 295 g/mol. The van der Waals surface area contributed by atoms with Crippen molar-refractivity contribution in [2.75, 3.05) is 13.2 Å². The molecule has 0 aliphatic carbocycles. The summed E-state index contributed by atoms with van der Waals surface area (Å²) in [4.78, 5) is 25.4. The molecule has 4 nitrogen and oxygen atoms in total. The zero-order valence-corrected chi connectivity index (χ0v) is 12.8. The lowest BCUT2D eigenvalue weighted by atomic mass is 10.1. The van der Waals surface area contributed by atoms with E-state index in [0.29, 0.717) is 6.61 Å². The molecule has 116 valence electrons. The fraction of sp³-hybridized carbons (Fsp3) is 0.500. The number of nitrogens with zero attached hydrogens (tertiary/aromatic N) is 1. The van der Waals surface area contributed by atoms with Gasteiger partial charge in [0.2, 0.25) is 0 Å². The van der Waals surface area contributed by atoms with Crippen molar-refractivity contribution < 1.29 is 18.7 Å². The molecule has 0 heterocycles. The van der Waals surface area contributed by atoms with Crippen molar-refractivity contribution in [1.29, 1.82) is 0 Å². The van der Waals surface area contributed by atoms with Crippen LogP contribution in [0.2, 0.25) is 0 Å². The maximum atomic E-state index is 13.7. The Kier molecular flexibility index (Phi) is 6.85. The average Bonchev–Trinajstić information content (AvgIpc) is 2.47. The summed E-state index contributed by atoms with van der Waals surface area (Å²) in [5.74, 6) is -1.30. The van der Waals surface area contributed by atoms with Crippen LogP contribution >= 0.6 is 0 Å². The quantitative estimate of drug-likeness (QED) is 0.726. The van der Waals surface area contributed by atoms with Crippen LogP contribution in [-0.4, -0.2) is 36.0 Å². The highest BCUT2D eigenvalue weighted by Gasteiger charge is 2.23. The Morgan fingerprint density at radius 2 is 1.95 bits per heavy atom. The van der Waals surface area contributed by atoms with Crippen molar-refractivity contribution in [3.63, 3.8) is 0 Å². The molecule has 0 saturated heterocycles. The second kappa shape index (κ2) is 8.39. The molecule has 1 amide bonds. The SMILES string of the molecule is CCOC(=O)CCN(C(=O)c1ccccc1F)C(C)CC. The monoisotopic (exact) mass is 295 g/mol. The lowest BCUT2D eigenvalue weighted by molar-refractivity contribution is -0.143. The number of hydrogen-bond donors (Lipinski definition) is 0. The van der Waals surface area contributed by atoms with Crippen LogP contribution in [0.3, 0.4) is 0 Å². The number of hydrogen-bond acceptors (Lipinski definition) is 3. The van der Waals surface area contributed by atoms with Gasteiger partial charge in [-0.2, -0.15) is 0 Å². The van der Waals surface area contributed by atoms with E-state index in [1.807, 2.05) is 13.8 Å². The summed E-state index contributed by atoms with van der Waals surface area (Å²) in [5, 5.41) is 0. The Balaban J connectivity index is 2.85. The van der Waals surface area contributed by atoms with Gasteiger partial charge < -0.3 is 9.64 Å². The third-order valence-electron chi connectivity index (χ3n) is 3.35. The number of amides is 1. The highest BCUT2D eigenvalue weighted by atomic mass is 19.1. The molecule has 0 saturated carbocycles. The smallest absolute Gasteiger partial charge is 0.307 e. The van der Waals surface area contributed by atoms with Crippen LogP contribution in [0, 0.1) is 5.82 Å². The molecule has 1 aromatic rings. The van der Waals surface area contributed by atoms with Crippen LogP contribution in [0.5, 0.6) is 0 Å². The van der Waals surface area contributed by atoms with Gasteiger partial charge in [0.15, 0.2) is 0 Å². The number of ether oxygens (including phenoxy) is 1. The fourth-order valence-corrected chi connectivity index (χ4v) is 1.98. The van der Waals surface area contributed by atoms with E-state index in [1.165, 1.54) is 23.1 Å². The number of carbonyl (C=O) groups is 2. The minimum Gasteiger partial charge on any atom is -0.466 e. The first-order valence-corrected chi connectivity index (χ1v) is 7.22. The van der Waals surface area contributed by atoms with E-state index in [9.17, 15) is 14.0 Å². The molecule has 0 bridgehead atoms. The van der Waals surface area contributed by atoms with Crippen LogP contribution in [-0.2, 0) is 9.53 Å². The van der Waals surface area contributed by atoms with Gasteiger partial charge in [-0.25, -0.2) is 4.39 Å². The molecule has 5 heteroatoms. The van der Waals surface area contributed by atoms with Gasteiger partial charge >= 0.3 is 5.97 Å². The summed E-state index contributed by atoms with van der Waals surface area (Å²) in [7, 11) is 0. The van der Waals surface area contributed by atoms with Crippen molar-refractivity contribution in [2.24, 2.45) is 0 Å². The zero-order valence-electron chi connectivity index (χ0n) is 12.8. The number of rotatable bonds is 7. The van der Waals surface area contributed by atoms with Crippen molar-refractivity contribution in [3.05, 3.63) is 35.6 Å².